The van der Waals surface area contributed by atoms with Crippen LogP contribution in [0.1, 0.15) is 24.0 Å². The molecule has 0 atom stereocenters. The lowest BCUT2D eigenvalue weighted by atomic mass is 9.93. The second-order valence-electron chi connectivity index (χ2n) is 4.29. The van der Waals surface area contributed by atoms with Crippen molar-refractivity contribution in [3.05, 3.63) is 28.0 Å². The molecule has 92 valence electrons. The van der Waals surface area contributed by atoms with Crippen molar-refractivity contribution in [2.24, 2.45) is 0 Å². The lowest BCUT2D eigenvalue weighted by Gasteiger charge is -2.16. The van der Waals surface area contributed by atoms with Crippen molar-refractivity contribution in [2.75, 3.05) is 7.11 Å². The van der Waals surface area contributed by atoms with E-state index in [9.17, 15) is 9.18 Å². The summed E-state index contributed by atoms with van der Waals surface area (Å²) in [5.74, 6) is -1.74. The zero-order valence-electron chi connectivity index (χ0n) is 9.51. The molecule has 0 spiro atoms. The third kappa shape index (κ3) is 1.67. The van der Waals surface area contributed by atoms with Gasteiger partial charge in [-0.2, -0.15) is 0 Å². The Bertz CT molecular complexity index is 495. The van der Waals surface area contributed by atoms with Crippen LogP contribution in [0.2, 0.25) is 5.02 Å². The van der Waals surface area contributed by atoms with Gasteiger partial charge in [-0.1, -0.05) is 17.7 Å². The SMILES string of the molecule is COc1c(F)c(C2(C(=O)O)CC2)cc(C)c1Cl. The third-order valence-electron chi connectivity index (χ3n) is 3.22. The van der Waals surface area contributed by atoms with Crippen LogP contribution in [0.15, 0.2) is 6.07 Å². The molecule has 1 aromatic rings. The molecule has 0 saturated heterocycles. The van der Waals surface area contributed by atoms with Crippen LogP contribution in [0.3, 0.4) is 0 Å². The molecule has 1 N–H and O–H groups in total. The highest BCUT2D eigenvalue weighted by Crippen LogP contribution is 2.51. The van der Waals surface area contributed by atoms with Crippen LogP contribution in [0, 0.1) is 12.7 Å². The van der Waals surface area contributed by atoms with E-state index in [0.717, 1.165) is 0 Å². The Morgan fingerprint density at radius 1 is 1.59 bits per heavy atom. The Hall–Kier alpha value is -1.29. The number of methoxy groups -OCH3 is 1. The predicted octanol–water partition coefficient (Wildman–Crippen LogP) is 2.91. The molecule has 0 radical (unpaired) electrons. The van der Waals surface area contributed by atoms with E-state index in [0.29, 0.717) is 18.4 Å². The second-order valence-corrected chi connectivity index (χ2v) is 4.67. The number of aryl methyl sites for hydroxylation is 1. The first kappa shape index (κ1) is 12.2. The normalized spacial score (nSPS) is 16.7. The maximum Gasteiger partial charge on any atom is 0.314 e. The molecule has 2 rings (SSSR count). The van der Waals surface area contributed by atoms with Gasteiger partial charge in [-0.3, -0.25) is 4.79 Å². The van der Waals surface area contributed by atoms with Gasteiger partial charge in [0.1, 0.15) is 0 Å². The van der Waals surface area contributed by atoms with E-state index in [4.69, 9.17) is 21.4 Å². The molecular weight excluding hydrogens is 247 g/mol. The van der Waals surface area contributed by atoms with E-state index in [2.05, 4.69) is 0 Å². The van der Waals surface area contributed by atoms with Gasteiger partial charge in [-0.15, -0.1) is 0 Å². The average Bonchev–Trinajstić information content (AvgIpc) is 3.05. The predicted molar refractivity (Wildman–Crippen MR) is 61.2 cm³/mol. The molecule has 1 saturated carbocycles. The van der Waals surface area contributed by atoms with Gasteiger partial charge < -0.3 is 9.84 Å². The van der Waals surface area contributed by atoms with Crippen LogP contribution in [-0.2, 0) is 10.2 Å². The first-order chi connectivity index (χ1) is 7.94. The number of ether oxygens (including phenoxy) is 1. The minimum absolute atomic E-state index is 0.0748. The Labute approximate surface area is 103 Å². The summed E-state index contributed by atoms with van der Waals surface area (Å²) in [5, 5.41) is 9.35. The summed E-state index contributed by atoms with van der Waals surface area (Å²) in [6.45, 7) is 1.70. The van der Waals surface area contributed by atoms with E-state index in [-0.39, 0.29) is 16.3 Å². The zero-order chi connectivity index (χ0) is 12.8. The highest BCUT2D eigenvalue weighted by atomic mass is 35.5. The average molecular weight is 259 g/mol. The summed E-state index contributed by atoms with van der Waals surface area (Å²) < 4.78 is 19.0. The van der Waals surface area contributed by atoms with Gasteiger partial charge >= 0.3 is 5.97 Å². The molecule has 0 aromatic heterocycles. The molecule has 0 aliphatic heterocycles. The van der Waals surface area contributed by atoms with Crippen molar-refractivity contribution < 1.29 is 19.0 Å². The number of carbonyl (C=O) groups is 1. The smallest absolute Gasteiger partial charge is 0.314 e. The highest BCUT2D eigenvalue weighted by molar-refractivity contribution is 6.32. The number of carboxylic acid groups (broad SMARTS) is 1. The number of hydrogen-bond donors (Lipinski definition) is 1. The summed E-state index contributed by atoms with van der Waals surface area (Å²) >= 11 is 5.91. The number of hydrogen-bond acceptors (Lipinski definition) is 2. The molecule has 1 aliphatic carbocycles. The topological polar surface area (TPSA) is 46.5 Å². The van der Waals surface area contributed by atoms with Gasteiger partial charge in [0.15, 0.2) is 11.6 Å². The van der Waals surface area contributed by atoms with Crippen molar-refractivity contribution >= 4 is 17.6 Å². The highest BCUT2D eigenvalue weighted by Gasteiger charge is 2.54. The fourth-order valence-corrected chi connectivity index (χ4v) is 2.21. The number of aliphatic carboxylic acids is 1. The monoisotopic (exact) mass is 258 g/mol. The van der Waals surface area contributed by atoms with Crippen LogP contribution >= 0.6 is 11.6 Å². The maximum atomic E-state index is 14.1. The summed E-state index contributed by atoms with van der Waals surface area (Å²) in [6.07, 6.45) is 0.896. The van der Waals surface area contributed by atoms with E-state index in [1.54, 1.807) is 6.92 Å². The fourth-order valence-electron chi connectivity index (χ4n) is 1.99. The van der Waals surface area contributed by atoms with Crippen molar-refractivity contribution in [1.29, 1.82) is 0 Å². The quantitative estimate of drug-likeness (QED) is 0.907. The van der Waals surface area contributed by atoms with Crippen LogP contribution < -0.4 is 4.74 Å². The third-order valence-corrected chi connectivity index (χ3v) is 3.69. The summed E-state index contributed by atoms with van der Waals surface area (Å²) in [4.78, 5) is 11.2. The van der Waals surface area contributed by atoms with E-state index >= 15 is 0 Å². The molecule has 1 aliphatic rings. The standard InChI is InChI=1S/C12H12ClFO3/c1-6-5-7(12(3-4-12)11(15)16)9(14)10(17-2)8(6)13/h5H,3-4H2,1-2H3,(H,15,16). The van der Waals surface area contributed by atoms with Crippen LogP contribution in [0.5, 0.6) is 5.75 Å². The van der Waals surface area contributed by atoms with Gasteiger partial charge in [0.25, 0.3) is 0 Å². The van der Waals surface area contributed by atoms with Gasteiger partial charge in [0, 0.05) is 5.56 Å². The Kier molecular flexibility index (Phi) is 2.78. The minimum Gasteiger partial charge on any atom is -0.492 e. The van der Waals surface area contributed by atoms with Crippen molar-refractivity contribution in [3.8, 4) is 5.75 Å². The van der Waals surface area contributed by atoms with Crippen LogP contribution in [0.4, 0.5) is 4.39 Å². The molecule has 17 heavy (non-hydrogen) atoms. The number of halogens is 2. The molecular formula is C12H12ClFO3. The Morgan fingerprint density at radius 2 is 2.18 bits per heavy atom. The van der Waals surface area contributed by atoms with Crippen molar-refractivity contribution in [2.45, 2.75) is 25.2 Å². The molecule has 3 nitrogen and oxygen atoms in total. The number of rotatable bonds is 3. The van der Waals surface area contributed by atoms with E-state index in [1.807, 2.05) is 0 Å². The van der Waals surface area contributed by atoms with E-state index in [1.165, 1.54) is 13.2 Å². The van der Waals surface area contributed by atoms with Gasteiger partial charge in [0.05, 0.1) is 17.5 Å². The zero-order valence-corrected chi connectivity index (χ0v) is 10.3. The molecule has 0 bridgehead atoms. The summed E-state index contributed by atoms with van der Waals surface area (Å²) in [6, 6.07) is 1.50. The molecule has 0 heterocycles. The minimum atomic E-state index is -1.09. The first-order valence-corrected chi connectivity index (χ1v) is 5.58. The summed E-state index contributed by atoms with van der Waals surface area (Å²) in [5.41, 5.74) is -0.302. The molecule has 1 aromatic carbocycles. The molecule has 0 amide bonds. The fraction of sp³-hybridized carbons (Fsp3) is 0.417. The van der Waals surface area contributed by atoms with Gasteiger partial charge in [0.2, 0.25) is 0 Å². The largest absolute Gasteiger partial charge is 0.492 e. The molecule has 5 heteroatoms. The van der Waals surface area contributed by atoms with E-state index < -0.39 is 17.2 Å². The summed E-state index contributed by atoms with van der Waals surface area (Å²) in [7, 11) is 1.31. The molecule has 1 fully saturated rings. The first-order valence-electron chi connectivity index (χ1n) is 5.20. The lowest BCUT2D eigenvalue weighted by Crippen LogP contribution is -2.21. The van der Waals surface area contributed by atoms with Crippen LogP contribution in [0.25, 0.3) is 0 Å². The Morgan fingerprint density at radius 3 is 2.59 bits per heavy atom. The van der Waals surface area contributed by atoms with Crippen molar-refractivity contribution in [1.82, 2.24) is 0 Å². The number of benzene rings is 1. The lowest BCUT2D eigenvalue weighted by molar-refractivity contribution is -0.140. The Balaban J connectivity index is 2.64. The van der Waals surface area contributed by atoms with Gasteiger partial charge in [-0.25, -0.2) is 4.39 Å². The second kappa shape index (κ2) is 3.88. The maximum absolute atomic E-state index is 14.1. The number of carboxylic acids is 1. The van der Waals surface area contributed by atoms with Crippen molar-refractivity contribution in [3.63, 3.8) is 0 Å². The van der Waals surface area contributed by atoms with Gasteiger partial charge in [-0.05, 0) is 25.3 Å². The van der Waals surface area contributed by atoms with Crippen LogP contribution in [-0.4, -0.2) is 18.2 Å². The molecule has 0 unspecified atom stereocenters.